The molecule has 0 aromatic heterocycles. The zero-order valence-electron chi connectivity index (χ0n) is 8.08. The number of carbonyl (C=O) groups is 1. The standard InChI is InChI=1S/C10H8Cl3O3/c11-10(12,13)7-16-9(14)6-15-8-4-2-1-3-5-8/h1-4H,6-7H2. The number of rotatable bonds is 4. The highest BCUT2D eigenvalue weighted by molar-refractivity contribution is 6.67. The molecule has 0 aliphatic rings. The Morgan fingerprint density at radius 1 is 1.38 bits per heavy atom. The maximum Gasteiger partial charge on any atom is 0.344 e. The average molecular weight is 283 g/mol. The molecule has 0 fully saturated rings. The van der Waals surface area contributed by atoms with Gasteiger partial charge in [0, 0.05) is 6.07 Å². The van der Waals surface area contributed by atoms with Crippen molar-refractivity contribution in [3.63, 3.8) is 0 Å². The van der Waals surface area contributed by atoms with Crippen molar-refractivity contribution < 1.29 is 14.3 Å². The Morgan fingerprint density at radius 2 is 2.12 bits per heavy atom. The highest BCUT2D eigenvalue weighted by Gasteiger charge is 2.22. The van der Waals surface area contributed by atoms with Crippen LogP contribution in [0.5, 0.6) is 5.75 Å². The summed E-state index contributed by atoms with van der Waals surface area (Å²) in [5.74, 6) is -0.156. The van der Waals surface area contributed by atoms with E-state index in [9.17, 15) is 4.79 Å². The maximum absolute atomic E-state index is 11.1. The Labute approximate surface area is 108 Å². The van der Waals surface area contributed by atoms with Gasteiger partial charge >= 0.3 is 5.97 Å². The number of para-hydroxylation sites is 1. The molecule has 0 aliphatic carbocycles. The molecule has 0 N–H and O–H groups in total. The van der Waals surface area contributed by atoms with E-state index >= 15 is 0 Å². The minimum atomic E-state index is -1.60. The van der Waals surface area contributed by atoms with Crippen molar-refractivity contribution in [2.75, 3.05) is 13.2 Å². The summed E-state index contributed by atoms with van der Waals surface area (Å²) in [6.07, 6.45) is 0. The number of benzene rings is 1. The molecule has 0 saturated carbocycles. The van der Waals surface area contributed by atoms with Gasteiger partial charge in [-0.15, -0.1) is 0 Å². The van der Waals surface area contributed by atoms with Crippen LogP contribution in [0.25, 0.3) is 0 Å². The van der Waals surface area contributed by atoms with Gasteiger partial charge < -0.3 is 9.47 Å². The Bertz CT molecular complexity index is 335. The van der Waals surface area contributed by atoms with Crippen molar-refractivity contribution in [1.29, 1.82) is 0 Å². The number of ether oxygens (including phenoxy) is 2. The molecule has 87 valence electrons. The lowest BCUT2D eigenvalue weighted by Crippen LogP contribution is -2.21. The van der Waals surface area contributed by atoms with Crippen LogP contribution in [-0.4, -0.2) is 23.0 Å². The third-order valence-electron chi connectivity index (χ3n) is 1.42. The maximum atomic E-state index is 11.1. The van der Waals surface area contributed by atoms with E-state index in [2.05, 4.69) is 10.8 Å². The summed E-state index contributed by atoms with van der Waals surface area (Å²) in [5.41, 5.74) is 0. The highest BCUT2D eigenvalue weighted by atomic mass is 35.6. The minimum Gasteiger partial charge on any atom is -0.481 e. The first-order valence-corrected chi connectivity index (χ1v) is 5.43. The first kappa shape index (κ1) is 13.4. The van der Waals surface area contributed by atoms with E-state index in [0.29, 0.717) is 5.75 Å². The van der Waals surface area contributed by atoms with Crippen LogP contribution in [0.3, 0.4) is 0 Å². The van der Waals surface area contributed by atoms with E-state index in [1.807, 2.05) is 0 Å². The van der Waals surface area contributed by atoms with Gasteiger partial charge in [0.1, 0.15) is 12.4 Å². The first-order chi connectivity index (χ1) is 7.47. The molecule has 1 rings (SSSR count). The fourth-order valence-corrected chi connectivity index (χ4v) is 0.971. The molecule has 3 nitrogen and oxygen atoms in total. The van der Waals surface area contributed by atoms with Gasteiger partial charge in [0.2, 0.25) is 3.79 Å². The van der Waals surface area contributed by atoms with Crippen molar-refractivity contribution in [1.82, 2.24) is 0 Å². The van der Waals surface area contributed by atoms with E-state index in [4.69, 9.17) is 39.5 Å². The van der Waals surface area contributed by atoms with Gasteiger partial charge in [-0.25, -0.2) is 4.79 Å². The van der Waals surface area contributed by atoms with Crippen molar-refractivity contribution in [3.8, 4) is 5.75 Å². The Balaban J connectivity index is 2.26. The van der Waals surface area contributed by atoms with E-state index in [1.165, 1.54) is 0 Å². The SMILES string of the molecule is O=C(COc1[c]cccc1)OCC(Cl)(Cl)Cl. The topological polar surface area (TPSA) is 35.5 Å². The van der Waals surface area contributed by atoms with Gasteiger partial charge in [-0.3, -0.25) is 0 Å². The third kappa shape index (κ3) is 6.05. The molecule has 1 aromatic carbocycles. The van der Waals surface area contributed by atoms with Gasteiger partial charge in [0.05, 0.1) is 0 Å². The molecule has 0 bridgehead atoms. The summed E-state index contributed by atoms with van der Waals surface area (Å²) in [7, 11) is 0. The van der Waals surface area contributed by atoms with Crippen LogP contribution < -0.4 is 4.74 Å². The van der Waals surface area contributed by atoms with Crippen molar-refractivity contribution in [3.05, 3.63) is 30.3 Å². The molecule has 6 heteroatoms. The molecule has 0 saturated heterocycles. The summed E-state index contributed by atoms with van der Waals surface area (Å²) < 4.78 is 8.13. The predicted molar refractivity (Wildman–Crippen MR) is 62.0 cm³/mol. The lowest BCUT2D eigenvalue weighted by Gasteiger charge is -2.11. The zero-order chi connectivity index (χ0) is 12.0. The molecule has 0 atom stereocenters. The summed E-state index contributed by atoms with van der Waals surface area (Å²) in [4.78, 5) is 11.1. The summed E-state index contributed by atoms with van der Waals surface area (Å²) in [6.45, 7) is -0.556. The second-order valence-corrected chi connectivity index (χ2v) is 5.31. The number of halogens is 3. The molecule has 0 unspecified atom stereocenters. The third-order valence-corrected chi connectivity index (χ3v) is 1.75. The second-order valence-electron chi connectivity index (χ2n) is 2.79. The zero-order valence-corrected chi connectivity index (χ0v) is 10.4. The average Bonchev–Trinajstić information content (AvgIpc) is 2.24. The number of alkyl halides is 3. The fourth-order valence-electron chi connectivity index (χ4n) is 0.807. The molecule has 0 spiro atoms. The smallest absolute Gasteiger partial charge is 0.344 e. The molecule has 16 heavy (non-hydrogen) atoms. The second kappa shape index (κ2) is 6.18. The van der Waals surface area contributed by atoms with Crippen LogP contribution in [0.4, 0.5) is 0 Å². The Kier molecular flexibility index (Phi) is 5.19. The molecular weight excluding hydrogens is 274 g/mol. The lowest BCUT2D eigenvalue weighted by molar-refractivity contribution is -0.145. The Hall–Kier alpha value is -0.640. The minimum absolute atomic E-state index is 0.249. The van der Waals surface area contributed by atoms with Gasteiger partial charge in [-0.1, -0.05) is 53.0 Å². The number of carbonyl (C=O) groups excluding carboxylic acids is 1. The van der Waals surface area contributed by atoms with Crippen LogP contribution in [-0.2, 0) is 9.53 Å². The predicted octanol–water partition coefficient (Wildman–Crippen LogP) is 2.78. The summed E-state index contributed by atoms with van der Waals surface area (Å²) in [6, 6.07) is 9.67. The number of esters is 1. The monoisotopic (exact) mass is 281 g/mol. The van der Waals surface area contributed by atoms with E-state index < -0.39 is 9.76 Å². The first-order valence-electron chi connectivity index (χ1n) is 4.29. The molecular formula is C10H8Cl3O3. The lowest BCUT2D eigenvalue weighted by atomic mass is 10.3. The van der Waals surface area contributed by atoms with Crippen LogP contribution >= 0.6 is 34.8 Å². The van der Waals surface area contributed by atoms with Crippen LogP contribution in [0.1, 0.15) is 0 Å². The Morgan fingerprint density at radius 3 is 2.69 bits per heavy atom. The molecule has 1 radical (unpaired) electrons. The normalized spacial score (nSPS) is 10.9. The largest absolute Gasteiger partial charge is 0.481 e. The summed E-state index contributed by atoms with van der Waals surface area (Å²) >= 11 is 16.2. The van der Waals surface area contributed by atoms with E-state index in [-0.39, 0.29) is 13.2 Å². The highest BCUT2D eigenvalue weighted by Crippen LogP contribution is 2.25. The molecule has 0 heterocycles. The quantitative estimate of drug-likeness (QED) is 0.629. The molecule has 0 amide bonds. The molecule has 1 aromatic rings. The van der Waals surface area contributed by atoms with Gasteiger partial charge in [0.15, 0.2) is 6.61 Å². The number of hydrogen-bond acceptors (Lipinski definition) is 3. The van der Waals surface area contributed by atoms with Crippen LogP contribution in [0.2, 0.25) is 0 Å². The van der Waals surface area contributed by atoms with Crippen molar-refractivity contribution in [2.24, 2.45) is 0 Å². The van der Waals surface area contributed by atoms with Gasteiger partial charge in [-0.2, -0.15) is 0 Å². The number of hydrogen-bond donors (Lipinski definition) is 0. The van der Waals surface area contributed by atoms with Gasteiger partial charge in [0.25, 0.3) is 0 Å². The molecule has 0 aliphatic heterocycles. The summed E-state index contributed by atoms with van der Waals surface area (Å²) in [5, 5.41) is 0. The van der Waals surface area contributed by atoms with Crippen LogP contribution in [0.15, 0.2) is 24.3 Å². The van der Waals surface area contributed by atoms with E-state index in [0.717, 1.165) is 0 Å². The fraction of sp³-hybridized carbons (Fsp3) is 0.300. The van der Waals surface area contributed by atoms with Crippen molar-refractivity contribution >= 4 is 40.8 Å². The van der Waals surface area contributed by atoms with Gasteiger partial charge in [-0.05, 0) is 6.07 Å². The van der Waals surface area contributed by atoms with Crippen molar-refractivity contribution in [2.45, 2.75) is 3.79 Å². The van der Waals surface area contributed by atoms with Crippen LogP contribution in [0, 0.1) is 6.07 Å². The van der Waals surface area contributed by atoms with E-state index in [1.54, 1.807) is 24.3 Å².